The zero-order chi connectivity index (χ0) is 23.3. The van der Waals surface area contributed by atoms with Crippen molar-refractivity contribution in [2.75, 3.05) is 0 Å². The lowest BCUT2D eigenvalue weighted by Crippen LogP contribution is -2.09. The van der Waals surface area contributed by atoms with Crippen LogP contribution < -0.4 is 8.37 Å². The maximum Gasteiger partial charge on any atom is 0.446 e. The second-order valence-corrected chi connectivity index (χ2v) is 10.3. The van der Waals surface area contributed by atoms with Crippen LogP contribution >= 0.6 is 0 Å². The van der Waals surface area contributed by atoms with Crippen LogP contribution in [-0.4, -0.2) is 25.9 Å². The number of unbranched alkanes of at least 4 members (excludes halogenated alkanes) is 9. The van der Waals surface area contributed by atoms with Crippen molar-refractivity contribution >= 4 is 20.8 Å². The Bertz CT molecular complexity index is 796. The maximum atomic E-state index is 10.9. The van der Waals surface area contributed by atoms with Crippen molar-refractivity contribution in [1.82, 2.24) is 0 Å². The Morgan fingerprint density at radius 3 is 1.45 bits per heavy atom. The Balaban J connectivity index is 2.34. The molecule has 1 aromatic rings. The van der Waals surface area contributed by atoms with Gasteiger partial charge in [-0.05, 0) is 36.5 Å². The largest absolute Gasteiger partial charge is 0.446 e. The number of aryl methyl sites for hydroxylation is 1. The molecule has 0 aliphatic heterocycles. The van der Waals surface area contributed by atoms with Crippen LogP contribution in [0.4, 0.5) is 0 Å². The average molecular weight is 481 g/mol. The van der Waals surface area contributed by atoms with E-state index in [1.807, 2.05) is 0 Å². The normalized spacial score (nSPS) is 12.3. The van der Waals surface area contributed by atoms with Gasteiger partial charge in [-0.1, -0.05) is 78.1 Å². The first kappa shape index (κ1) is 27.7. The molecule has 0 bridgehead atoms. The summed E-state index contributed by atoms with van der Waals surface area (Å²) in [7, 11) is -9.54. The van der Waals surface area contributed by atoms with Crippen LogP contribution in [0.5, 0.6) is 11.5 Å². The van der Waals surface area contributed by atoms with E-state index in [2.05, 4.69) is 22.2 Å². The smallest absolute Gasteiger partial charge is 0.362 e. The minimum Gasteiger partial charge on any atom is -0.362 e. The standard InChI is InChI=1S/C21H36O8S2/c1-18(2)13-11-9-7-5-3-4-6-8-10-12-14-19-15-20(28-30(22,23)24)17-21(16-19)29-31(25,26)27/h15-18H,3-14H2,1-2H3,(H,22,23,24)(H,25,26,27). The first-order valence-corrected chi connectivity index (χ1v) is 13.7. The van der Waals surface area contributed by atoms with E-state index in [4.69, 9.17) is 9.11 Å². The molecule has 180 valence electrons. The van der Waals surface area contributed by atoms with Crippen molar-refractivity contribution in [2.24, 2.45) is 5.92 Å². The summed E-state index contributed by atoms with van der Waals surface area (Å²) in [6, 6.07) is 3.71. The first-order valence-electron chi connectivity index (χ1n) is 10.9. The SMILES string of the molecule is CC(C)CCCCCCCCCCCCc1cc(OS(=O)(=O)O)cc(OS(=O)(=O)O)c1. The molecule has 0 spiro atoms. The van der Waals surface area contributed by atoms with E-state index in [1.54, 1.807) is 0 Å². The van der Waals surface area contributed by atoms with E-state index in [0.717, 1.165) is 37.7 Å². The second-order valence-electron chi connectivity index (χ2n) is 8.30. The first-order chi connectivity index (χ1) is 14.4. The van der Waals surface area contributed by atoms with Crippen LogP contribution in [-0.2, 0) is 27.2 Å². The molecule has 10 heteroatoms. The molecule has 0 atom stereocenters. The molecule has 0 unspecified atom stereocenters. The highest BCUT2D eigenvalue weighted by molar-refractivity contribution is 7.81. The molecule has 8 nitrogen and oxygen atoms in total. The molecule has 0 fully saturated rings. The predicted molar refractivity (Wildman–Crippen MR) is 120 cm³/mol. The summed E-state index contributed by atoms with van der Waals surface area (Å²) in [5.74, 6) is 0.193. The highest BCUT2D eigenvalue weighted by Crippen LogP contribution is 2.26. The van der Waals surface area contributed by atoms with Crippen LogP contribution in [0, 0.1) is 5.92 Å². The fourth-order valence-electron chi connectivity index (χ4n) is 3.41. The molecule has 2 N–H and O–H groups in total. The molecule has 1 rings (SSSR count). The molecular weight excluding hydrogens is 444 g/mol. The molecule has 0 heterocycles. The Kier molecular flexibility index (Phi) is 12.4. The number of benzene rings is 1. The van der Waals surface area contributed by atoms with Crippen LogP contribution in [0.25, 0.3) is 0 Å². The second kappa shape index (κ2) is 13.9. The van der Waals surface area contributed by atoms with Crippen LogP contribution in [0.2, 0.25) is 0 Å². The van der Waals surface area contributed by atoms with E-state index in [9.17, 15) is 16.8 Å². The number of hydrogen-bond donors (Lipinski definition) is 2. The van der Waals surface area contributed by atoms with E-state index in [-0.39, 0.29) is 11.5 Å². The fourth-order valence-corrected chi connectivity index (χ4v) is 4.09. The quantitative estimate of drug-likeness (QED) is 0.220. The minimum atomic E-state index is -4.77. The zero-order valence-corrected chi connectivity index (χ0v) is 20.1. The van der Waals surface area contributed by atoms with Crippen molar-refractivity contribution in [3.63, 3.8) is 0 Å². The molecule has 1 aromatic carbocycles. The van der Waals surface area contributed by atoms with E-state index in [1.165, 1.54) is 57.1 Å². The van der Waals surface area contributed by atoms with E-state index >= 15 is 0 Å². The molecule has 0 amide bonds. The summed E-state index contributed by atoms with van der Waals surface area (Å²) in [5, 5.41) is 0. The summed E-state index contributed by atoms with van der Waals surface area (Å²) in [6.45, 7) is 4.52. The van der Waals surface area contributed by atoms with Crippen molar-refractivity contribution in [2.45, 2.75) is 90.9 Å². The van der Waals surface area contributed by atoms with Crippen molar-refractivity contribution in [3.8, 4) is 11.5 Å². The number of rotatable bonds is 17. The lowest BCUT2D eigenvalue weighted by Gasteiger charge is -2.09. The molecule has 0 aromatic heterocycles. The van der Waals surface area contributed by atoms with Crippen molar-refractivity contribution in [3.05, 3.63) is 23.8 Å². The highest BCUT2D eigenvalue weighted by Gasteiger charge is 2.14. The topological polar surface area (TPSA) is 127 Å². The molecular formula is C21H36O8S2. The van der Waals surface area contributed by atoms with Gasteiger partial charge in [-0.3, -0.25) is 9.11 Å². The van der Waals surface area contributed by atoms with Gasteiger partial charge in [0.05, 0.1) is 0 Å². The Morgan fingerprint density at radius 2 is 1.06 bits per heavy atom. The molecule has 0 aliphatic rings. The van der Waals surface area contributed by atoms with E-state index < -0.39 is 20.8 Å². The average Bonchev–Trinajstić information content (AvgIpc) is 2.59. The third kappa shape index (κ3) is 16.0. The van der Waals surface area contributed by atoms with Crippen LogP contribution in [0.15, 0.2) is 18.2 Å². The summed E-state index contributed by atoms with van der Waals surface area (Å²) < 4.78 is 70.1. The minimum absolute atomic E-state index is 0.299. The Morgan fingerprint density at radius 1 is 0.677 bits per heavy atom. The van der Waals surface area contributed by atoms with Gasteiger partial charge in [0, 0.05) is 6.07 Å². The molecule has 31 heavy (non-hydrogen) atoms. The Labute approximate surface area is 187 Å². The molecule has 0 radical (unpaired) electrons. The van der Waals surface area contributed by atoms with Gasteiger partial charge in [-0.25, -0.2) is 0 Å². The third-order valence-electron chi connectivity index (χ3n) is 4.84. The zero-order valence-electron chi connectivity index (χ0n) is 18.5. The van der Waals surface area contributed by atoms with Gasteiger partial charge in [-0.15, -0.1) is 0 Å². The van der Waals surface area contributed by atoms with Crippen molar-refractivity contribution in [1.29, 1.82) is 0 Å². The fraction of sp³-hybridized carbons (Fsp3) is 0.714. The maximum absolute atomic E-state index is 10.9. The van der Waals surface area contributed by atoms with E-state index in [0.29, 0.717) is 12.0 Å². The summed E-state index contributed by atoms with van der Waals surface area (Å²) in [5.41, 5.74) is 0.571. The van der Waals surface area contributed by atoms with Gasteiger partial charge < -0.3 is 8.37 Å². The van der Waals surface area contributed by atoms with Crippen LogP contribution in [0.3, 0.4) is 0 Å². The van der Waals surface area contributed by atoms with Gasteiger partial charge in [0.2, 0.25) is 0 Å². The number of hydrogen-bond acceptors (Lipinski definition) is 6. The highest BCUT2D eigenvalue weighted by atomic mass is 32.3. The Hall–Kier alpha value is -1.36. The van der Waals surface area contributed by atoms with Gasteiger partial charge in [0.1, 0.15) is 11.5 Å². The van der Waals surface area contributed by atoms with Gasteiger partial charge in [0.15, 0.2) is 0 Å². The monoisotopic (exact) mass is 480 g/mol. The van der Waals surface area contributed by atoms with Crippen LogP contribution in [0.1, 0.15) is 90.0 Å². The summed E-state index contributed by atoms with van der Waals surface area (Å²) >= 11 is 0. The molecule has 0 saturated carbocycles. The van der Waals surface area contributed by atoms with Gasteiger partial charge in [-0.2, -0.15) is 16.8 Å². The third-order valence-corrected chi connectivity index (χ3v) is 5.65. The molecule has 0 saturated heterocycles. The van der Waals surface area contributed by atoms with Crippen molar-refractivity contribution < 1.29 is 34.3 Å². The lowest BCUT2D eigenvalue weighted by atomic mass is 10.0. The summed E-state index contributed by atoms with van der Waals surface area (Å²) in [6.07, 6.45) is 13.6. The van der Waals surface area contributed by atoms with Gasteiger partial charge in [0.25, 0.3) is 0 Å². The lowest BCUT2D eigenvalue weighted by molar-refractivity contribution is 0.381. The van der Waals surface area contributed by atoms with Gasteiger partial charge >= 0.3 is 20.8 Å². The molecule has 0 aliphatic carbocycles. The predicted octanol–water partition coefficient (Wildman–Crippen LogP) is 5.54. The summed E-state index contributed by atoms with van der Waals surface area (Å²) in [4.78, 5) is 0.